The number of hydrogen-bond acceptors (Lipinski definition) is 4. The molecule has 0 aliphatic carbocycles. The van der Waals surface area contributed by atoms with Gasteiger partial charge in [0.2, 0.25) is 0 Å². The molecule has 0 bridgehead atoms. The van der Waals surface area contributed by atoms with Crippen molar-refractivity contribution in [3.8, 4) is 11.3 Å². The minimum absolute atomic E-state index is 0.00995. The highest BCUT2D eigenvalue weighted by Crippen LogP contribution is 2.27. The van der Waals surface area contributed by atoms with Gasteiger partial charge in [-0.25, -0.2) is 0 Å². The minimum Gasteiger partial charge on any atom is -0.335 e. The first-order chi connectivity index (χ1) is 13.4. The Morgan fingerprint density at radius 3 is 2.79 bits per heavy atom. The number of H-pyrrole nitrogens is 1. The van der Waals surface area contributed by atoms with Crippen molar-refractivity contribution < 1.29 is 4.79 Å². The Bertz CT molecular complexity index is 1000. The number of rotatable bonds is 4. The second kappa shape index (κ2) is 7.22. The zero-order valence-corrected chi connectivity index (χ0v) is 16.8. The Hall–Kier alpha value is -2.96. The van der Waals surface area contributed by atoms with E-state index in [4.69, 9.17) is 0 Å². The number of nitrogens with zero attached hydrogens (tertiary/aromatic N) is 5. The summed E-state index contributed by atoms with van der Waals surface area (Å²) in [5.74, 6) is 1.27. The molecule has 7 nitrogen and oxygen atoms in total. The van der Waals surface area contributed by atoms with Crippen LogP contribution in [0.25, 0.3) is 11.3 Å². The summed E-state index contributed by atoms with van der Waals surface area (Å²) < 4.78 is 2.12. The molecule has 7 heteroatoms. The lowest BCUT2D eigenvalue weighted by atomic mass is 10.0. The van der Waals surface area contributed by atoms with Crippen LogP contribution in [0.2, 0.25) is 0 Å². The summed E-state index contributed by atoms with van der Waals surface area (Å²) in [7, 11) is 0. The van der Waals surface area contributed by atoms with E-state index in [0.717, 1.165) is 30.0 Å². The summed E-state index contributed by atoms with van der Waals surface area (Å²) in [5, 5.41) is 15.6. The number of aromatic amines is 1. The molecule has 2 aromatic heterocycles. The van der Waals surface area contributed by atoms with Crippen LogP contribution in [0.4, 0.5) is 0 Å². The van der Waals surface area contributed by atoms with Crippen molar-refractivity contribution in [1.29, 1.82) is 0 Å². The van der Waals surface area contributed by atoms with Crippen molar-refractivity contribution in [2.75, 3.05) is 13.1 Å². The van der Waals surface area contributed by atoms with Crippen LogP contribution >= 0.6 is 0 Å². The van der Waals surface area contributed by atoms with Crippen LogP contribution in [0.1, 0.15) is 59.7 Å². The molecule has 1 aromatic carbocycles. The molecule has 1 atom stereocenters. The number of aromatic nitrogens is 5. The minimum atomic E-state index is -0.00995. The highest BCUT2D eigenvalue weighted by molar-refractivity contribution is 5.93. The highest BCUT2D eigenvalue weighted by Gasteiger charge is 2.30. The van der Waals surface area contributed by atoms with Gasteiger partial charge in [-0.2, -0.15) is 5.10 Å². The van der Waals surface area contributed by atoms with Crippen molar-refractivity contribution in [2.24, 2.45) is 0 Å². The molecule has 3 heterocycles. The molecule has 0 saturated carbocycles. The molecule has 28 heavy (non-hydrogen) atoms. The molecule has 0 spiro atoms. The molecule has 1 unspecified atom stereocenters. The van der Waals surface area contributed by atoms with E-state index in [0.29, 0.717) is 18.2 Å². The number of likely N-dealkylation sites (tertiary alicyclic amines) is 1. The lowest BCUT2D eigenvalue weighted by Crippen LogP contribution is -2.29. The van der Waals surface area contributed by atoms with Crippen molar-refractivity contribution in [3.05, 3.63) is 53.2 Å². The van der Waals surface area contributed by atoms with Crippen LogP contribution in [0.3, 0.4) is 0 Å². The molecular weight excluding hydrogens is 352 g/mol. The molecule has 1 saturated heterocycles. The Labute approximate surface area is 164 Å². The molecule has 1 fully saturated rings. The fourth-order valence-electron chi connectivity index (χ4n) is 3.75. The molecular formula is C21H26N6O. The normalized spacial score (nSPS) is 16.9. The Kier molecular flexibility index (Phi) is 4.75. The molecule has 1 aliphatic heterocycles. The summed E-state index contributed by atoms with van der Waals surface area (Å²) in [5.41, 5.74) is 4.80. The van der Waals surface area contributed by atoms with Gasteiger partial charge in [0.25, 0.3) is 5.91 Å². The van der Waals surface area contributed by atoms with Crippen molar-refractivity contribution in [1.82, 2.24) is 29.9 Å². The van der Waals surface area contributed by atoms with Gasteiger partial charge in [-0.05, 0) is 43.5 Å². The van der Waals surface area contributed by atoms with Gasteiger partial charge in [0.05, 0.1) is 11.7 Å². The second-order valence-electron chi connectivity index (χ2n) is 7.91. The second-order valence-corrected chi connectivity index (χ2v) is 7.91. The monoisotopic (exact) mass is 378 g/mol. The van der Waals surface area contributed by atoms with E-state index >= 15 is 0 Å². The van der Waals surface area contributed by atoms with Gasteiger partial charge < -0.3 is 9.47 Å². The van der Waals surface area contributed by atoms with Crippen molar-refractivity contribution >= 4 is 5.91 Å². The smallest absolute Gasteiger partial charge is 0.271 e. The van der Waals surface area contributed by atoms with Crippen LogP contribution in [0.5, 0.6) is 0 Å². The van der Waals surface area contributed by atoms with Gasteiger partial charge in [-0.3, -0.25) is 9.89 Å². The molecule has 146 valence electrons. The predicted molar refractivity (Wildman–Crippen MR) is 107 cm³/mol. The van der Waals surface area contributed by atoms with E-state index < -0.39 is 0 Å². The Morgan fingerprint density at radius 1 is 1.21 bits per heavy atom. The number of amides is 1. The first kappa shape index (κ1) is 18.4. The Balaban J connectivity index is 1.49. The molecule has 4 rings (SSSR count). The maximum atomic E-state index is 13.0. The third kappa shape index (κ3) is 3.32. The lowest BCUT2D eigenvalue weighted by Gasteiger charge is -2.18. The molecule has 1 amide bonds. The third-order valence-corrected chi connectivity index (χ3v) is 5.57. The van der Waals surface area contributed by atoms with E-state index in [-0.39, 0.29) is 11.9 Å². The number of aryl methyl sites for hydroxylation is 2. The van der Waals surface area contributed by atoms with E-state index in [1.807, 2.05) is 17.0 Å². The number of carbonyl (C=O) groups is 1. The van der Waals surface area contributed by atoms with Gasteiger partial charge in [-0.15, -0.1) is 10.2 Å². The van der Waals surface area contributed by atoms with Gasteiger partial charge in [-0.1, -0.05) is 26.0 Å². The number of carbonyl (C=O) groups excluding carboxylic acids is 1. The molecule has 1 N–H and O–H groups in total. The van der Waals surface area contributed by atoms with Gasteiger partial charge >= 0.3 is 0 Å². The zero-order valence-electron chi connectivity index (χ0n) is 16.8. The van der Waals surface area contributed by atoms with Gasteiger partial charge in [0.1, 0.15) is 17.8 Å². The van der Waals surface area contributed by atoms with Crippen LogP contribution in [-0.2, 0) is 0 Å². The van der Waals surface area contributed by atoms with Crippen LogP contribution in [0, 0.1) is 13.8 Å². The first-order valence-electron chi connectivity index (χ1n) is 9.75. The SMILES string of the molecule is Cc1ccc(-c2cc(C(=O)N3CCC(n4cnnc4C(C)C)C3)[nH]n2)cc1C. The van der Waals surface area contributed by atoms with E-state index in [2.05, 4.69) is 64.8 Å². The number of hydrogen-bond donors (Lipinski definition) is 1. The third-order valence-electron chi connectivity index (χ3n) is 5.57. The summed E-state index contributed by atoms with van der Waals surface area (Å²) in [6.07, 6.45) is 2.68. The fourth-order valence-corrected chi connectivity index (χ4v) is 3.75. The van der Waals surface area contributed by atoms with Gasteiger partial charge in [0.15, 0.2) is 0 Å². The van der Waals surface area contributed by atoms with E-state index in [9.17, 15) is 4.79 Å². The quantitative estimate of drug-likeness (QED) is 0.754. The summed E-state index contributed by atoms with van der Waals surface area (Å²) >= 11 is 0. The average molecular weight is 378 g/mol. The Morgan fingerprint density at radius 2 is 2.04 bits per heavy atom. The number of nitrogens with one attached hydrogen (secondary N) is 1. The highest BCUT2D eigenvalue weighted by atomic mass is 16.2. The summed E-state index contributed by atoms with van der Waals surface area (Å²) in [6, 6.07) is 8.29. The van der Waals surface area contributed by atoms with E-state index in [1.165, 1.54) is 11.1 Å². The fraction of sp³-hybridized carbons (Fsp3) is 0.429. The van der Waals surface area contributed by atoms with Crippen LogP contribution in [-0.4, -0.2) is 48.9 Å². The first-order valence-corrected chi connectivity index (χ1v) is 9.75. The largest absolute Gasteiger partial charge is 0.335 e. The topological polar surface area (TPSA) is 79.7 Å². The molecule has 1 aliphatic rings. The maximum Gasteiger partial charge on any atom is 0.271 e. The lowest BCUT2D eigenvalue weighted by molar-refractivity contribution is 0.0781. The predicted octanol–water partition coefficient (Wildman–Crippen LogP) is 3.50. The standard InChI is InChI=1S/C21H26N6O/c1-13(2)20-25-22-12-27(20)17-7-8-26(11-17)21(28)19-10-18(23-24-19)16-6-5-14(3)15(4)9-16/h5-6,9-10,12-13,17H,7-8,11H2,1-4H3,(H,23,24). The zero-order chi connectivity index (χ0) is 19.8. The van der Waals surface area contributed by atoms with Crippen molar-refractivity contribution in [3.63, 3.8) is 0 Å². The van der Waals surface area contributed by atoms with Crippen LogP contribution < -0.4 is 0 Å². The average Bonchev–Trinajstić information content (AvgIpc) is 3.42. The summed E-state index contributed by atoms with van der Waals surface area (Å²) in [6.45, 7) is 9.77. The van der Waals surface area contributed by atoms with Gasteiger partial charge in [0, 0.05) is 24.6 Å². The van der Waals surface area contributed by atoms with E-state index in [1.54, 1.807) is 6.33 Å². The van der Waals surface area contributed by atoms with Crippen molar-refractivity contribution in [2.45, 2.75) is 46.1 Å². The molecule has 3 aromatic rings. The maximum absolute atomic E-state index is 13.0. The van der Waals surface area contributed by atoms with Crippen LogP contribution in [0.15, 0.2) is 30.6 Å². The molecule has 0 radical (unpaired) electrons. The summed E-state index contributed by atoms with van der Waals surface area (Å²) in [4.78, 5) is 14.8. The number of benzene rings is 1.